The summed E-state index contributed by atoms with van der Waals surface area (Å²) in [5, 5.41) is 0. The third-order valence-electron chi connectivity index (χ3n) is 3.03. The summed E-state index contributed by atoms with van der Waals surface area (Å²) in [5.74, 6) is 0.0886. The molecule has 1 aliphatic heterocycles. The molecule has 2 rings (SSSR count). The standard InChI is InChI=1S/C13H15NO3/c1-9-13(2,12(15)16-3)17-11(14-9)10-7-5-4-6-8-10/h4-9H,1-3H3/t9-,13-/m0/s1. The Kier molecular flexibility index (Phi) is 2.88. The number of ether oxygens (including phenoxy) is 2. The lowest BCUT2D eigenvalue weighted by Gasteiger charge is -2.24. The summed E-state index contributed by atoms with van der Waals surface area (Å²) in [6.45, 7) is 3.54. The predicted molar refractivity (Wildman–Crippen MR) is 63.9 cm³/mol. The van der Waals surface area contributed by atoms with E-state index in [4.69, 9.17) is 9.47 Å². The van der Waals surface area contributed by atoms with Gasteiger partial charge in [0.25, 0.3) is 0 Å². The molecule has 4 nitrogen and oxygen atoms in total. The van der Waals surface area contributed by atoms with Crippen LogP contribution in [-0.4, -0.2) is 30.6 Å². The van der Waals surface area contributed by atoms with Crippen LogP contribution < -0.4 is 0 Å². The van der Waals surface area contributed by atoms with Crippen molar-refractivity contribution in [1.29, 1.82) is 0 Å². The van der Waals surface area contributed by atoms with Crippen LogP contribution in [0, 0.1) is 0 Å². The first kappa shape index (κ1) is 11.6. The van der Waals surface area contributed by atoms with Crippen LogP contribution in [0.1, 0.15) is 19.4 Å². The maximum Gasteiger partial charge on any atom is 0.352 e. The zero-order valence-electron chi connectivity index (χ0n) is 10.1. The van der Waals surface area contributed by atoms with Gasteiger partial charge in [-0.3, -0.25) is 0 Å². The van der Waals surface area contributed by atoms with Gasteiger partial charge in [0, 0.05) is 5.56 Å². The molecule has 0 amide bonds. The number of aliphatic imine (C=N–C) groups is 1. The third kappa shape index (κ3) is 1.90. The summed E-state index contributed by atoms with van der Waals surface area (Å²) < 4.78 is 10.4. The van der Waals surface area contributed by atoms with Crippen molar-refractivity contribution in [3.8, 4) is 0 Å². The Morgan fingerprint density at radius 2 is 2.06 bits per heavy atom. The van der Waals surface area contributed by atoms with Gasteiger partial charge < -0.3 is 9.47 Å². The van der Waals surface area contributed by atoms with Crippen LogP contribution in [0.4, 0.5) is 0 Å². The second-order valence-corrected chi connectivity index (χ2v) is 4.18. The van der Waals surface area contributed by atoms with Gasteiger partial charge in [0.1, 0.15) is 6.04 Å². The van der Waals surface area contributed by atoms with E-state index in [1.165, 1.54) is 7.11 Å². The number of benzene rings is 1. The topological polar surface area (TPSA) is 47.9 Å². The highest BCUT2D eigenvalue weighted by Gasteiger charge is 2.48. The summed E-state index contributed by atoms with van der Waals surface area (Å²) in [4.78, 5) is 16.1. The van der Waals surface area contributed by atoms with Crippen molar-refractivity contribution in [2.45, 2.75) is 25.5 Å². The van der Waals surface area contributed by atoms with Crippen LogP contribution in [0.5, 0.6) is 0 Å². The molecule has 0 radical (unpaired) electrons. The first-order valence-electron chi connectivity index (χ1n) is 5.48. The molecule has 0 unspecified atom stereocenters. The van der Waals surface area contributed by atoms with Gasteiger partial charge in [-0.05, 0) is 26.0 Å². The largest absolute Gasteiger partial charge is 0.466 e. The Hall–Kier alpha value is -1.84. The molecular weight excluding hydrogens is 218 g/mol. The molecule has 0 N–H and O–H groups in total. The van der Waals surface area contributed by atoms with Crippen LogP contribution in [0.15, 0.2) is 35.3 Å². The Morgan fingerprint density at radius 3 is 2.65 bits per heavy atom. The maximum absolute atomic E-state index is 11.7. The second-order valence-electron chi connectivity index (χ2n) is 4.18. The number of carbonyl (C=O) groups is 1. The first-order valence-corrected chi connectivity index (χ1v) is 5.48. The lowest BCUT2D eigenvalue weighted by molar-refractivity contribution is -0.158. The number of nitrogens with zero attached hydrogens (tertiary/aromatic N) is 1. The second kappa shape index (κ2) is 4.20. The molecular formula is C13H15NO3. The zero-order valence-corrected chi connectivity index (χ0v) is 10.1. The maximum atomic E-state index is 11.7. The van der Waals surface area contributed by atoms with Gasteiger partial charge in [0.2, 0.25) is 11.5 Å². The van der Waals surface area contributed by atoms with Gasteiger partial charge in [0.15, 0.2) is 0 Å². The number of hydrogen-bond donors (Lipinski definition) is 0. The van der Waals surface area contributed by atoms with Gasteiger partial charge in [-0.25, -0.2) is 9.79 Å². The van der Waals surface area contributed by atoms with E-state index in [0.29, 0.717) is 5.90 Å². The minimum absolute atomic E-state index is 0.259. The van der Waals surface area contributed by atoms with Gasteiger partial charge in [0.05, 0.1) is 7.11 Å². The molecule has 1 aliphatic rings. The zero-order chi connectivity index (χ0) is 12.5. The normalized spacial score (nSPS) is 27.2. The number of methoxy groups -OCH3 is 1. The molecule has 0 saturated carbocycles. The van der Waals surface area contributed by atoms with Crippen LogP contribution in [-0.2, 0) is 14.3 Å². The fraction of sp³-hybridized carbons (Fsp3) is 0.385. The summed E-state index contributed by atoms with van der Waals surface area (Å²) in [6, 6.07) is 9.26. The van der Waals surface area contributed by atoms with E-state index < -0.39 is 11.6 Å². The molecule has 1 aromatic carbocycles. The summed E-state index contributed by atoms with van der Waals surface area (Å²) in [5.41, 5.74) is -0.160. The van der Waals surface area contributed by atoms with E-state index in [0.717, 1.165) is 5.56 Å². The van der Waals surface area contributed by atoms with E-state index in [1.54, 1.807) is 6.92 Å². The molecule has 0 aromatic heterocycles. The first-order chi connectivity index (χ1) is 8.08. The molecule has 0 saturated heterocycles. The van der Waals surface area contributed by atoms with Crippen molar-refractivity contribution in [2.24, 2.45) is 4.99 Å². The molecule has 90 valence electrons. The molecule has 1 aromatic rings. The van der Waals surface area contributed by atoms with Crippen LogP contribution in [0.2, 0.25) is 0 Å². The molecule has 17 heavy (non-hydrogen) atoms. The van der Waals surface area contributed by atoms with E-state index >= 15 is 0 Å². The molecule has 1 heterocycles. The Morgan fingerprint density at radius 1 is 1.41 bits per heavy atom. The van der Waals surface area contributed by atoms with Crippen LogP contribution >= 0.6 is 0 Å². The number of esters is 1. The molecule has 0 aliphatic carbocycles. The smallest absolute Gasteiger partial charge is 0.352 e. The number of carbonyl (C=O) groups excluding carboxylic acids is 1. The minimum Gasteiger partial charge on any atom is -0.466 e. The Bertz CT molecular complexity index is 455. The fourth-order valence-electron chi connectivity index (χ4n) is 1.74. The van der Waals surface area contributed by atoms with Crippen molar-refractivity contribution in [1.82, 2.24) is 0 Å². The van der Waals surface area contributed by atoms with Crippen molar-refractivity contribution < 1.29 is 14.3 Å². The fourth-order valence-corrected chi connectivity index (χ4v) is 1.74. The Labute approximate surface area is 100 Å². The van der Waals surface area contributed by atoms with E-state index in [-0.39, 0.29) is 6.04 Å². The average molecular weight is 233 g/mol. The summed E-state index contributed by atoms with van der Waals surface area (Å²) in [6.07, 6.45) is 0. The summed E-state index contributed by atoms with van der Waals surface area (Å²) >= 11 is 0. The third-order valence-corrected chi connectivity index (χ3v) is 3.03. The van der Waals surface area contributed by atoms with Crippen molar-refractivity contribution in [2.75, 3.05) is 7.11 Å². The highest BCUT2D eigenvalue weighted by Crippen LogP contribution is 2.29. The Balaban J connectivity index is 2.27. The van der Waals surface area contributed by atoms with Gasteiger partial charge in [-0.15, -0.1) is 0 Å². The van der Waals surface area contributed by atoms with Gasteiger partial charge >= 0.3 is 5.97 Å². The van der Waals surface area contributed by atoms with E-state index in [9.17, 15) is 4.79 Å². The van der Waals surface area contributed by atoms with Crippen molar-refractivity contribution in [3.63, 3.8) is 0 Å². The SMILES string of the molecule is COC(=O)[C@@]1(C)OC(c2ccccc2)=N[C@H]1C. The van der Waals surface area contributed by atoms with E-state index in [2.05, 4.69) is 4.99 Å². The molecule has 0 fully saturated rings. The number of hydrogen-bond acceptors (Lipinski definition) is 4. The van der Waals surface area contributed by atoms with Gasteiger partial charge in [-0.1, -0.05) is 18.2 Å². The summed E-state index contributed by atoms with van der Waals surface area (Å²) in [7, 11) is 1.35. The van der Waals surface area contributed by atoms with E-state index in [1.807, 2.05) is 37.3 Å². The average Bonchev–Trinajstić information content (AvgIpc) is 2.67. The minimum atomic E-state index is -1.03. The lowest BCUT2D eigenvalue weighted by Crippen LogP contribution is -2.44. The van der Waals surface area contributed by atoms with Crippen molar-refractivity contribution in [3.05, 3.63) is 35.9 Å². The van der Waals surface area contributed by atoms with Gasteiger partial charge in [-0.2, -0.15) is 0 Å². The monoisotopic (exact) mass is 233 g/mol. The molecule has 4 heteroatoms. The molecule has 0 bridgehead atoms. The lowest BCUT2D eigenvalue weighted by atomic mass is 9.99. The number of rotatable bonds is 2. The highest BCUT2D eigenvalue weighted by atomic mass is 16.6. The quantitative estimate of drug-likeness (QED) is 0.731. The highest BCUT2D eigenvalue weighted by molar-refractivity contribution is 5.99. The van der Waals surface area contributed by atoms with Crippen LogP contribution in [0.3, 0.4) is 0 Å². The predicted octanol–water partition coefficient (Wildman–Crippen LogP) is 1.78. The molecule has 2 atom stereocenters. The van der Waals surface area contributed by atoms with Crippen LogP contribution in [0.25, 0.3) is 0 Å². The van der Waals surface area contributed by atoms with Crippen molar-refractivity contribution >= 4 is 11.9 Å². The molecule has 0 spiro atoms.